The van der Waals surface area contributed by atoms with Gasteiger partial charge >= 0.3 is 6.61 Å². The molecule has 0 unspecified atom stereocenters. The Labute approximate surface area is 223 Å². The van der Waals surface area contributed by atoms with Crippen LogP contribution in [0.3, 0.4) is 0 Å². The first kappa shape index (κ1) is 26.4. The van der Waals surface area contributed by atoms with E-state index >= 15 is 0 Å². The number of ether oxygens (including phenoxy) is 2. The van der Waals surface area contributed by atoms with Crippen LogP contribution in [0.5, 0.6) is 11.5 Å². The lowest BCUT2D eigenvalue weighted by atomic mass is 9.84. The lowest BCUT2D eigenvalue weighted by Gasteiger charge is -2.30. The quantitative estimate of drug-likeness (QED) is 0.284. The minimum Gasteiger partial charge on any atom is -0.483 e. The maximum absolute atomic E-state index is 14.1. The van der Waals surface area contributed by atoms with E-state index in [9.17, 15) is 18.0 Å². The molecule has 5 rings (SSSR count). The number of para-hydroxylation sites is 1. The van der Waals surface area contributed by atoms with E-state index in [4.69, 9.17) is 4.74 Å². The zero-order valence-corrected chi connectivity index (χ0v) is 21.7. The zero-order valence-electron chi connectivity index (χ0n) is 20.9. The molecular weight excluding hydrogens is 517 g/mol. The smallest absolute Gasteiger partial charge is 0.387 e. The molecule has 38 heavy (non-hydrogen) atoms. The van der Waals surface area contributed by atoms with Crippen molar-refractivity contribution in [3.63, 3.8) is 0 Å². The van der Waals surface area contributed by atoms with Crippen molar-refractivity contribution in [2.24, 2.45) is 17.8 Å². The van der Waals surface area contributed by atoms with E-state index in [0.717, 1.165) is 12.3 Å². The van der Waals surface area contributed by atoms with Crippen molar-refractivity contribution in [3.8, 4) is 11.5 Å². The molecule has 2 fully saturated rings. The third-order valence-electron chi connectivity index (χ3n) is 7.44. The van der Waals surface area contributed by atoms with Crippen molar-refractivity contribution in [1.82, 2.24) is 14.8 Å². The van der Waals surface area contributed by atoms with Gasteiger partial charge in [0.2, 0.25) is 5.91 Å². The highest BCUT2D eigenvalue weighted by molar-refractivity contribution is 7.99. The minimum absolute atomic E-state index is 0.0141. The average Bonchev–Trinajstić information content (AvgIpc) is 3.64. The number of nitrogens with zero attached hydrogens (tertiary/aromatic N) is 3. The number of rotatable bonds is 11. The molecule has 1 N–H and O–H groups in total. The topological polar surface area (TPSA) is 78.3 Å². The summed E-state index contributed by atoms with van der Waals surface area (Å²) < 4.78 is 50.9. The molecular formula is C27H29F3N4O3S. The van der Waals surface area contributed by atoms with Crippen LogP contribution in [0.15, 0.2) is 53.7 Å². The number of anilines is 1. The molecule has 11 heteroatoms. The van der Waals surface area contributed by atoms with Crippen LogP contribution in [-0.2, 0) is 11.4 Å². The highest BCUT2D eigenvalue weighted by atomic mass is 32.2. The predicted molar refractivity (Wildman–Crippen MR) is 137 cm³/mol. The second kappa shape index (κ2) is 11.7. The highest BCUT2D eigenvalue weighted by Gasteiger charge is 2.43. The van der Waals surface area contributed by atoms with Gasteiger partial charge in [-0.15, -0.1) is 10.2 Å². The van der Waals surface area contributed by atoms with Crippen LogP contribution in [0.4, 0.5) is 18.9 Å². The van der Waals surface area contributed by atoms with Gasteiger partial charge in [0.05, 0.1) is 5.75 Å². The van der Waals surface area contributed by atoms with Gasteiger partial charge in [0.1, 0.15) is 12.4 Å². The van der Waals surface area contributed by atoms with Gasteiger partial charge in [-0.2, -0.15) is 8.78 Å². The Balaban J connectivity index is 1.27. The van der Waals surface area contributed by atoms with Gasteiger partial charge in [0.15, 0.2) is 22.5 Å². The van der Waals surface area contributed by atoms with Gasteiger partial charge < -0.3 is 14.8 Å². The van der Waals surface area contributed by atoms with Crippen molar-refractivity contribution in [1.29, 1.82) is 0 Å². The van der Waals surface area contributed by atoms with Crippen LogP contribution in [0, 0.1) is 23.6 Å². The Morgan fingerprint density at radius 3 is 2.61 bits per heavy atom. The molecule has 0 radical (unpaired) electrons. The fraction of sp³-hybridized carbons (Fsp3) is 0.444. The predicted octanol–water partition coefficient (Wildman–Crippen LogP) is 6.33. The largest absolute Gasteiger partial charge is 0.483 e. The first-order valence-corrected chi connectivity index (χ1v) is 13.6. The molecule has 202 valence electrons. The third-order valence-corrected chi connectivity index (χ3v) is 8.39. The summed E-state index contributed by atoms with van der Waals surface area (Å²) in [5, 5.41) is 12.1. The summed E-state index contributed by atoms with van der Waals surface area (Å²) in [5.41, 5.74) is 0.466. The van der Waals surface area contributed by atoms with Gasteiger partial charge in [-0.1, -0.05) is 30.3 Å². The lowest BCUT2D eigenvalue weighted by Crippen LogP contribution is -2.25. The average molecular weight is 547 g/mol. The fourth-order valence-electron chi connectivity index (χ4n) is 5.74. The monoisotopic (exact) mass is 546 g/mol. The maximum Gasteiger partial charge on any atom is 0.387 e. The summed E-state index contributed by atoms with van der Waals surface area (Å²) in [6.45, 7) is -0.694. The Bertz CT molecular complexity index is 1260. The summed E-state index contributed by atoms with van der Waals surface area (Å²) >= 11 is 1.26. The van der Waals surface area contributed by atoms with Crippen LogP contribution >= 0.6 is 11.8 Å². The van der Waals surface area contributed by atoms with Crippen LogP contribution in [0.2, 0.25) is 0 Å². The number of hydrogen-bond donors (Lipinski definition) is 1. The van der Waals surface area contributed by atoms with E-state index in [1.807, 2.05) is 4.57 Å². The number of amides is 1. The minimum atomic E-state index is -2.91. The molecule has 1 amide bonds. The zero-order chi connectivity index (χ0) is 26.6. The van der Waals surface area contributed by atoms with E-state index in [0.29, 0.717) is 28.5 Å². The van der Waals surface area contributed by atoms with Gasteiger partial charge in [0, 0.05) is 11.7 Å². The molecule has 2 aliphatic carbocycles. The summed E-state index contributed by atoms with van der Waals surface area (Å²) in [7, 11) is 0. The number of benzene rings is 2. The standard InChI is InChI=1S/C27H29F3N4O3S/c1-16(21-13-17-6-7-18(21)12-17)34-24(14-36-23-5-3-2-4-22(23)28)32-33-27(34)38-15-25(35)31-19-8-10-20(11-9-19)37-26(29)30/h2-5,8-11,16-18,21,26H,6-7,12-15H2,1H3,(H,31,35)/t16-,17-,18-,21-/m1/s1. The lowest BCUT2D eigenvalue weighted by molar-refractivity contribution is -0.113. The second-order valence-corrected chi connectivity index (χ2v) is 10.7. The van der Waals surface area contributed by atoms with Crippen LogP contribution < -0.4 is 14.8 Å². The van der Waals surface area contributed by atoms with Crippen LogP contribution in [0.1, 0.15) is 44.5 Å². The van der Waals surface area contributed by atoms with E-state index in [1.165, 1.54) is 61.4 Å². The number of hydrogen-bond acceptors (Lipinski definition) is 6. The van der Waals surface area contributed by atoms with E-state index in [-0.39, 0.29) is 35.8 Å². The SMILES string of the molecule is C[C@H]([C@H]1C[C@@H]2CC[C@@H]1C2)n1c(COc2ccccc2F)nnc1SCC(=O)Nc1ccc(OC(F)F)cc1. The molecule has 2 aliphatic rings. The first-order chi connectivity index (χ1) is 18.4. The number of thioether (sulfide) groups is 1. The number of fused-ring (bicyclic) bond motifs is 2. The second-order valence-electron chi connectivity index (χ2n) is 9.81. The number of alkyl halides is 2. The summed E-state index contributed by atoms with van der Waals surface area (Å²) in [6, 6.07) is 12.1. The van der Waals surface area contributed by atoms with Crippen molar-refractivity contribution < 1.29 is 27.4 Å². The van der Waals surface area contributed by atoms with Crippen LogP contribution in [-0.4, -0.2) is 33.0 Å². The summed E-state index contributed by atoms with van der Waals surface area (Å²) in [4.78, 5) is 12.6. The van der Waals surface area contributed by atoms with E-state index in [2.05, 4.69) is 27.2 Å². The summed E-state index contributed by atoms with van der Waals surface area (Å²) in [6.07, 6.45) is 4.93. The van der Waals surface area contributed by atoms with E-state index < -0.39 is 12.4 Å². The maximum atomic E-state index is 14.1. The van der Waals surface area contributed by atoms with Gasteiger partial charge in [0.25, 0.3) is 0 Å². The number of aromatic nitrogens is 3. The molecule has 1 heterocycles. The van der Waals surface area contributed by atoms with Crippen molar-refractivity contribution in [2.45, 2.75) is 57.0 Å². The molecule has 0 saturated heterocycles. The number of carbonyl (C=O) groups excluding carboxylic acids is 1. The third kappa shape index (κ3) is 6.09. The highest BCUT2D eigenvalue weighted by Crippen LogP contribution is 2.52. The summed E-state index contributed by atoms with van der Waals surface area (Å²) in [5.74, 6) is 2.01. The number of halogens is 3. The number of carbonyl (C=O) groups is 1. The van der Waals surface area contributed by atoms with Crippen LogP contribution in [0.25, 0.3) is 0 Å². The van der Waals surface area contributed by atoms with Crippen molar-refractivity contribution in [2.75, 3.05) is 11.1 Å². The van der Waals surface area contributed by atoms with Gasteiger partial charge in [-0.05, 0) is 80.3 Å². The Morgan fingerprint density at radius 1 is 1.13 bits per heavy atom. The Morgan fingerprint density at radius 2 is 1.92 bits per heavy atom. The Hall–Kier alpha value is -3.21. The molecule has 7 nitrogen and oxygen atoms in total. The van der Waals surface area contributed by atoms with Gasteiger partial charge in [-0.25, -0.2) is 4.39 Å². The Kier molecular flexibility index (Phi) is 8.11. The fourth-order valence-corrected chi connectivity index (χ4v) is 6.58. The molecule has 2 bridgehead atoms. The van der Waals surface area contributed by atoms with E-state index in [1.54, 1.807) is 18.2 Å². The first-order valence-electron chi connectivity index (χ1n) is 12.7. The number of nitrogens with one attached hydrogen (secondary N) is 1. The molecule has 0 spiro atoms. The normalized spacial score (nSPS) is 21.0. The van der Waals surface area contributed by atoms with Gasteiger partial charge in [-0.3, -0.25) is 9.36 Å². The molecule has 0 aliphatic heterocycles. The molecule has 3 aromatic rings. The van der Waals surface area contributed by atoms with Crippen molar-refractivity contribution in [3.05, 3.63) is 60.2 Å². The van der Waals surface area contributed by atoms with Crippen molar-refractivity contribution >= 4 is 23.4 Å². The molecule has 1 aromatic heterocycles. The molecule has 4 atom stereocenters. The molecule has 2 aromatic carbocycles. The molecule has 2 saturated carbocycles.